The SMILES string of the molecule is CC(N)c1ccc(Br)cc1Oc1ccc(I)cc1. The molecule has 1 atom stereocenters. The van der Waals surface area contributed by atoms with Crippen molar-refractivity contribution in [3.63, 3.8) is 0 Å². The highest BCUT2D eigenvalue weighted by Crippen LogP contribution is 2.31. The first kappa shape index (κ1) is 13.8. The number of rotatable bonds is 3. The fraction of sp³-hybridized carbons (Fsp3) is 0.143. The van der Waals surface area contributed by atoms with E-state index in [0.717, 1.165) is 21.5 Å². The summed E-state index contributed by atoms with van der Waals surface area (Å²) in [6.07, 6.45) is 0. The molecule has 2 aromatic rings. The number of hydrogen-bond acceptors (Lipinski definition) is 2. The average molecular weight is 418 g/mol. The molecule has 0 aliphatic carbocycles. The van der Waals surface area contributed by atoms with E-state index in [4.69, 9.17) is 10.5 Å². The summed E-state index contributed by atoms with van der Waals surface area (Å²) in [6, 6.07) is 13.8. The fourth-order valence-electron chi connectivity index (χ4n) is 1.60. The summed E-state index contributed by atoms with van der Waals surface area (Å²) in [5.41, 5.74) is 6.94. The molecule has 0 spiro atoms. The van der Waals surface area contributed by atoms with Crippen molar-refractivity contribution in [2.24, 2.45) is 5.73 Å². The lowest BCUT2D eigenvalue weighted by Crippen LogP contribution is -2.06. The minimum absolute atomic E-state index is 0.0584. The molecular formula is C14H13BrINO. The van der Waals surface area contributed by atoms with Gasteiger partial charge >= 0.3 is 0 Å². The molecule has 0 bridgehead atoms. The van der Waals surface area contributed by atoms with Crippen LogP contribution in [-0.2, 0) is 0 Å². The number of halogens is 2. The average Bonchev–Trinajstić information content (AvgIpc) is 2.32. The van der Waals surface area contributed by atoms with E-state index in [-0.39, 0.29) is 6.04 Å². The van der Waals surface area contributed by atoms with Crippen molar-refractivity contribution in [1.29, 1.82) is 0 Å². The Morgan fingerprint density at radius 1 is 1.17 bits per heavy atom. The molecule has 0 radical (unpaired) electrons. The third-order valence-electron chi connectivity index (χ3n) is 2.51. The first-order valence-electron chi connectivity index (χ1n) is 5.54. The molecule has 2 aromatic carbocycles. The third-order valence-corrected chi connectivity index (χ3v) is 3.72. The van der Waals surface area contributed by atoms with Crippen LogP contribution in [0.1, 0.15) is 18.5 Å². The maximum Gasteiger partial charge on any atom is 0.133 e. The Hall–Kier alpha value is -0.590. The van der Waals surface area contributed by atoms with E-state index in [0.29, 0.717) is 0 Å². The zero-order valence-corrected chi connectivity index (χ0v) is 13.6. The van der Waals surface area contributed by atoms with Gasteiger partial charge in [0.25, 0.3) is 0 Å². The highest BCUT2D eigenvalue weighted by atomic mass is 127. The summed E-state index contributed by atoms with van der Waals surface area (Å²) in [6.45, 7) is 1.95. The maximum absolute atomic E-state index is 5.95. The Kier molecular flexibility index (Phi) is 4.64. The largest absolute Gasteiger partial charge is 0.457 e. The van der Waals surface area contributed by atoms with Crippen molar-refractivity contribution in [3.8, 4) is 11.5 Å². The molecule has 0 aliphatic rings. The van der Waals surface area contributed by atoms with Crippen LogP contribution in [0.25, 0.3) is 0 Å². The van der Waals surface area contributed by atoms with Crippen LogP contribution in [0.2, 0.25) is 0 Å². The summed E-state index contributed by atoms with van der Waals surface area (Å²) < 4.78 is 8.05. The second-order valence-corrected chi connectivity index (χ2v) is 6.19. The predicted octanol–water partition coefficient (Wildman–Crippen LogP) is 4.87. The summed E-state index contributed by atoms with van der Waals surface area (Å²) in [5, 5.41) is 0. The van der Waals surface area contributed by atoms with Crippen LogP contribution in [-0.4, -0.2) is 0 Å². The summed E-state index contributed by atoms with van der Waals surface area (Å²) in [7, 11) is 0. The van der Waals surface area contributed by atoms with Crippen LogP contribution in [0.4, 0.5) is 0 Å². The second-order valence-electron chi connectivity index (χ2n) is 4.03. The number of nitrogens with two attached hydrogens (primary N) is 1. The molecule has 0 saturated carbocycles. The molecular weight excluding hydrogens is 405 g/mol. The van der Waals surface area contributed by atoms with Crippen molar-refractivity contribution >= 4 is 38.5 Å². The minimum atomic E-state index is -0.0584. The van der Waals surface area contributed by atoms with E-state index in [1.54, 1.807) is 0 Å². The molecule has 2 nitrogen and oxygen atoms in total. The lowest BCUT2D eigenvalue weighted by Gasteiger charge is -2.14. The first-order valence-corrected chi connectivity index (χ1v) is 7.42. The van der Waals surface area contributed by atoms with Gasteiger partial charge in [-0.05, 0) is 65.9 Å². The van der Waals surface area contributed by atoms with Gasteiger partial charge in [0.15, 0.2) is 0 Å². The minimum Gasteiger partial charge on any atom is -0.457 e. The number of ether oxygens (including phenoxy) is 1. The van der Waals surface area contributed by atoms with Crippen molar-refractivity contribution in [1.82, 2.24) is 0 Å². The van der Waals surface area contributed by atoms with Gasteiger partial charge in [-0.25, -0.2) is 0 Å². The monoisotopic (exact) mass is 417 g/mol. The van der Waals surface area contributed by atoms with Crippen molar-refractivity contribution in [2.45, 2.75) is 13.0 Å². The Balaban J connectivity index is 2.32. The van der Waals surface area contributed by atoms with E-state index in [1.807, 2.05) is 49.4 Å². The Morgan fingerprint density at radius 2 is 1.83 bits per heavy atom. The molecule has 0 heterocycles. The maximum atomic E-state index is 5.95. The van der Waals surface area contributed by atoms with E-state index in [1.165, 1.54) is 3.57 Å². The Labute approximate surface area is 129 Å². The van der Waals surface area contributed by atoms with Crippen LogP contribution >= 0.6 is 38.5 Å². The van der Waals surface area contributed by atoms with Gasteiger partial charge in [-0.2, -0.15) is 0 Å². The molecule has 2 N–H and O–H groups in total. The van der Waals surface area contributed by atoms with Crippen LogP contribution in [0.3, 0.4) is 0 Å². The predicted molar refractivity (Wildman–Crippen MR) is 86.0 cm³/mol. The van der Waals surface area contributed by atoms with Gasteiger partial charge in [0.05, 0.1) is 0 Å². The molecule has 1 unspecified atom stereocenters. The Bertz CT molecular complexity index is 540. The number of benzene rings is 2. The number of hydrogen-bond donors (Lipinski definition) is 1. The van der Waals surface area contributed by atoms with Crippen molar-refractivity contribution in [3.05, 3.63) is 56.1 Å². The van der Waals surface area contributed by atoms with Gasteiger partial charge in [-0.1, -0.05) is 22.0 Å². The second kappa shape index (κ2) is 6.04. The van der Waals surface area contributed by atoms with Gasteiger partial charge in [-0.15, -0.1) is 0 Å². The summed E-state index contributed by atoms with van der Waals surface area (Å²) in [4.78, 5) is 0. The molecule has 0 aliphatic heterocycles. The summed E-state index contributed by atoms with van der Waals surface area (Å²) >= 11 is 5.72. The summed E-state index contributed by atoms with van der Waals surface area (Å²) in [5.74, 6) is 1.61. The molecule has 18 heavy (non-hydrogen) atoms. The van der Waals surface area contributed by atoms with Gasteiger partial charge in [0.2, 0.25) is 0 Å². The van der Waals surface area contributed by atoms with Crippen LogP contribution in [0.5, 0.6) is 11.5 Å². The highest BCUT2D eigenvalue weighted by Gasteiger charge is 2.09. The first-order chi connectivity index (χ1) is 8.56. The lowest BCUT2D eigenvalue weighted by atomic mass is 10.1. The molecule has 4 heteroatoms. The van der Waals surface area contributed by atoms with E-state index in [2.05, 4.69) is 38.5 Å². The highest BCUT2D eigenvalue weighted by molar-refractivity contribution is 14.1. The third kappa shape index (κ3) is 3.46. The molecule has 0 fully saturated rings. The zero-order chi connectivity index (χ0) is 13.1. The quantitative estimate of drug-likeness (QED) is 0.723. The molecule has 94 valence electrons. The topological polar surface area (TPSA) is 35.2 Å². The zero-order valence-electron chi connectivity index (χ0n) is 9.86. The molecule has 0 saturated heterocycles. The van der Waals surface area contributed by atoms with Gasteiger partial charge in [0, 0.05) is 19.6 Å². The van der Waals surface area contributed by atoms with Gasteiger partial charge in [0.1, 0.15) is 11.5 Å². The lowest BCUT2D eigenvalue weighted by molar-refractivity contribution is 0.471. The molecule has 2 rings (SSSR count). The fourth-order valence-corrected chi connectivity index (χ4v) is 2.30. The van der Waals surface area contributed by atoms with Gasteiger partial charge < -0.3 is 10.5 Å². The van der Waals surface area contributed by atoms with Gasteiger partial charge in [-0.3, -0.25) is 0 Å². The molecule has 0 amide bonds. The van der Waals surface area contributed by atoms with E-state index in [9.17, 15) is 0 Å². The van der Waals surface area contributed by atoms with Crippen molar-refractivity contribution in [2.75, 3.05) is 0 Å². The normalized spacial score (nSPS) is 12.2. The van der Waals surface area contributed by atoms with Crippen LogP contribution in [0.15, 0.2) is 46.9 Å². The Morgan fingerprint density at radius 3 is 2.44 bits per heavy atom. The van der Waals surface area contributed by atoms with Crippen molar-refractivity contribution < 1.29 is 4.74 Å². The molecule has 0 aromatic heterocycles. The standard InChI is InChI=1S/C14H13BrINO/c1-9(17)13-7-2-10(15)8-14(13)18-12-5-3-11(16)4-6-12/h2-9H,17H2,1H3. The smallest absolute Gasteiger partial charge is 0.133 e. The van der Waals surface area contributed by atoms with Crippen LogP contribution < -0.4 is 10.5 Å². The van der Waals surface area contributed by atoms with E-state index >= 15 is 0 Å². The van der Waals surface area contributed by atoms with Crippen LogP contribution in [0, 0.1) is 3.57 Å². The van der Waals surface area contributed by atoms with E-state index < -0.39 is 0 Å².